The molecule has 0 aliphatic carbocycles. The molecule has 94 valence electrons. The zero-order valence-corrected chi connectivity index (χ0v) is 10.6. The lowest BCUT2D eigenvalue weighted by Gasteiger charge is -2.08. The van der Waals surface area contributed by atoms with Gasteiger partial charge in [0.15, 0.2) is 0 Å². The number of anilines is 1. The van der Waals surface area contributed by atoms with E-state index in [9.17, 15) is 4.39 Å². The first kappa shape index (κ1) is 12.8. The molecule has 0 radical (unpaired) electrons. The van der Waals surface area contributed by atoms with Crippen molar-refractivity contribution in [2.45, 2.75) is 4.90 Å². The number of ether oxygens (including phenoxy) is 1. The fraction of sp³-hybridized carbons (Fsp3) is 0.143. The predicted molar refractivity (Wildman–Crippen MR) is 73.5 cm³/mol. The second kappa shape index (κ2) is 6.31. The Hall–Kier alpha value is -1.68. The van der Waals surface area contributed by atoms with Gasteiger partial charge in [0.2, 0.25) is 0 Å². The van der Waals surface area contributed by atoms with Crippen molar-refractivity contribution in [2.24, 2.45) is 0 Å². The molecule has 0 fully saturated rings. The van der Waals surface area contributed by atoms with E-state index in [4.69, 9.17) is 10.5 Å². The van der Waals surface area contributed by atoms with Crippen LogP contribution in [0.4, 0.5) is 10.1 Å². The van der Waals surface area contributed by atoms with Crippen LogP contribution in [0.25, 0.3) is 0 Å². The quantitative estimate of drug-likeness (QED) is 0.509. The van der Waals surface area contributed by atoms with Gasteiger partial charge in [0.1, 0.15) is 11.6 Å². The minimum Gasteiger partial charge on any atom is -0.491 e. The highest BCUT2D eigenvalue weighted by Gasteiger charge is 2.02. The third-order valence-corrected chi connectivity index (χ3v) is 3.37. The summed E-state index contributed by atoms with van der Waals surface area (Å²) in [6, 6.07) is 14.1. The average molecular weight is 263 g/mol. The van der Waals surface area contributed by atoms with Crippen LogP contribution in [0.5, 0.6) is 5.75 Å². The molecule has 0 bridgehead atoms. The minimum atomic E-state index is -0.193. The summed E-state index contributed by atoms with van der Waals surface area (Å²) in [4.78, 5) is 0.641. The highest BCUT2D eigenvalue weighted by atomic mass is 32.2. The number of rotatable bonds is 5. The Balaban J connectivity index is 1.80. The molecule has 0 aliphatic rings. The molecule has 4 heteroatoms. The first-order valence-corrected chi connectivity index (χ1v) is 6.60. The molecular formula is C14H14FNOS. The summed E-state index contributed by atoms with van der Waals surface area (Å²) < 4.78 is 18.9. The van der Waals surface area contributed by atoms with Gasteiger partial charge in [-0.1, -0.05) is 24.3 Å². The molecule has 0 heterocycles. The Bertz CT molecular complexity index is 471. The zero-order valence-electron chi connectivity index (χ0n) is 9.80. The van der Waals surface area contributed by atoms with E-state index in [0.29, 0.717) is 28.7 Å². The van der Waals surface area contributed by atoms with E-state index < -0.39 is 0 Å². The minimum absolute atomic E-state index is 0.193. The standard InChI is InChI=1S/C14H14FNOS/c15-11-5-1-4-8-14(11)18-10-9-17-13-7-3-2-6-12(13)16/h1-8H,9-10,16H2. The van der Waals surface area contributed by atoms with Gasteiger partial charge in [-0.25, -0.2) is 4.39 Å². The first-order valence-electron chi connectivity index (χ1n) is 5.62. The summed E-state index contributed by atoms with van der Waals surface area (Å²) in [5.41, 5.74) is 6.37. The number of para-hydroxylation sites is 2. The molecule has 18 heavy (non-hydrogen) atoms. The molecule has 2 aromatic rings. The summed E-state index contributed by atoms with van der Waals surface area (Å²) in [7, 11) is 0. The molecule has 0 saturated carbocycles. The van der Waals surface area contributed by atoms with Crippen LogP contribution >= 0.6 is 11.8 Å². The Morgan fingerprint density at radius 3 is 2.56 bits per heavy atom. The number of hydrogen-bond donors (Lipinski definition) is 1. The monoisotopic (exact) mass is 263 g/mol. The molecule has 0 unspecified atom stereocenters. The molecule has 0 saturated heterocycles. The van der Waals surface area contributed by atoms with Crippen LogP contribution in [-0.4, -0.2) is 12.4 Å². The lowest BCUT2D eigenvalue weighted by Crippen LogP contribution is -2.02. The van der Waals surface area contributed by atoms with Gasteiger partial charge in [0, 0.05) is 10.6 Å². The van der Waals surface area contributed by atoms with Gasteiger partial charge in [0.25, 0.3) is 0 Å². The summed E-state index contributed by atoms with van der Waals surface area (Å²) in [5, 5.41) is 0. The smallest absolute Gasteiger partial charge is 0.142 e. The van der Waals surface area contributed by atoms with Gasteiger partial charge in [-0.05, 0) is 24.3 Å². The molecule has 0 atom stereocenters. The summed E-state index contributed by atoms with van der Waals surface area (Å²) in [5.74, 6) is 1.16. The van der Waals surface area contributed by atoms with Crippen LogP contribution in [0.2, 0.25) is 0 Å². The molecule has 2 nitrogen and oxygen atoms in total. The van der Waals surface area contributed by atoms with Crippen molar-refractivity contribution in [3.8, 4) is 5.75 Å². The number of nitrogen functional groups attached to an aromatic ring is 1. The lowest BCUT2D eigenvalue weighted by atomic mass is 10.3. The van der Waals surface area contributed by atoms with Crippen molar-refractivity contribution < 1.29 is 9.13 Å². The van der Waals surface area contributed by atoms with Crippen molar-refractivity contribution >= 4 is 17.4 Å². The zero-order chi connectivity index (χ0) is 12.8. The summed E-state index contributed by atoms with van der Waals surface area (Å²) >= 11 is 1.43. The van der Waals surface area contributed by atoms with Gasteiger partial charge in [-0.2, -0.15) is 0 Å². The molecule has 2 rings (SSSR count). The Labute approximate surface area is 110 Å². The number of thioether (sulfide) groups is 1. The van der Waals surface area contributed by atoms with Crippen LogP contribution in [-0.2, 0) is 0 Å². The van der Waals surface area contributed by atoms with Crippen LogP contribution in [0.15, 0.2) is 53.4 Å². The van der Waals surface area contributed by atoms with Crippen molar-refractivity contribution in [1.29, 1.82) is 0 Å². The third-order valence-electron chi connectivity index (χ3n) is 2.35. The predicted octanol–water partition coefficient (Wildman–Crippen LogP) is 3.58. The number of hydrogen-bond acceptors (Lipinski definition) is 3. The molecule has 0 spiro atoms. The van der Waals surface area contributed by atoms with E-state index in [1.807, 2.05) is 24.3 Å². The Morgan fingerprint density at radius 1 is 1.06 bits per heavy atom. The van der Waals surface area contributed by atoms with Gasteiger partial charge >= 0.3 is 0 Å². The van der Waals surface area contributed by atoms with Crippen molar-refractivity contribution in [1.82, 2.24) is 0 Å². The van der Waals surface area contributed by atoms with Crippen molar-refractivity contribution in [2.75, 3.05) is 18.1 Å². The van der Waals surface area contributed by atoms with Crippen molar-refractivity contribution in [3.05, 3.63) is 54.3 Å². The third kappa shape index (κ3) is 3.40. The van der Waals surface area contributed by atoms with Gasteiger partial charge in [0.05, 0.1) is 12.3 Å². The van der Waals surface area contributed by atoms with E-state index >= 15 is 0 Å². The van der Waals surface area contributed by atoms with Crippen LogP contribution < -0.4 is 10.5 Å². The van der Waals surface area contributed by atoms with E-state index in [1.54, 1.807) is 18.2 Å². The fourth-order valence-corrected chi connectivity index (χ4v) is 2.24. The second-order valence-electron chi connectivity index (χ2n) is 3.67. The number of benzene rings is 2. The maximum atomic E-state index is 13.3. The van der Waals surface area contributed by atoms with E-state index in [-0.39, 0.29) is 5.82 Å². The molecule has 0 aliphatic heterocycles. The molecule has 2 N–H and O–H groups in total. The largest absolute Gasteiger partial charge is 0.491 e. The average Bonchev–Trinajstić information content (AvgIpc) is 2.38. The van der Waals surface area contributed by atoms with E-state index in [0.717, 1.165) is 0 Å². The number of nitrogens with two attached hydrogens (primary N) is 1. The number of halogens is 1. The molecule has 0 amide bonds. The highest BCUT2D eigenvalue weighted by Crippen LogP contribution is 2.23. The first-order chi connectivity index (χ1) is 8.77. The molecule has 0 aromatic heterocycles. The second-order valence-corrected chi connectivity index (χ2v) is 4.80. The van der Waals surface area contributed by atoms with E-state index in [2.05, 4.69) is 0 Å². The lowest BCUT2D eigenvalue weighted by molar-refractivity contribution is 0.346. The molecular weight excluding hydrogens is 249 g/mol. The normalized spacial score (nSPS) is 10.3. The fourth-order valence-electron chi connectivity index (χ4n) is 1.48. The SMILES string of the molecule is Nc1ccccc1OCCSc1ccccc1F. The Kier molecular flexibility index (Phi) is 4.47. The van der Waals surface area contributed by atoms with Gasteiger partial charge < -0.3 is 10.5 Å². The highest BCUT2D eigenvalue weighted by molar-refractivity contribution is 7.99. The molecule has 2 aromatic carbocycles. The van der Waals surface area contributed by atoms with Crippen LogP contribution in [0, 0.1) is 5.82 Å². The van der Waals surface area contributed by atoms with Gasteiger partial charge in [-0.3, -0.25) is 0 Å². The maximum Gasteiger partial charge on any atom is 0.142 e. The van der Waals surface area contributed by atoms with Crippen molar-refractivity contribution in [3.63, 3.8) is 0 Å². The topological polar surface area (TPSA) is 35.2 Å². The maximum absolute atomic E-state index is 13.3. The summed E-state index contributed by atoms with van der Waals surface area (Å²) in [6.45, 7) is 0.493. The Morgan fingerprint density at radius 2 is 1.78 bits per heavy atom. The summed E-state index contributed by atoms with van der Waals surface area (Å²) in [6.07, 6.45) is 0. The van der Waals surface area contributed by atoms with E-state index in [1.165, 1.54) is 17.8 Å². The van der Waals surface area contributed by atoms with Gasteiger partial charge in [-0.15, -0.1) is 11.8 Å². The van der Waals surface area contributed by atoms with Crippen LogP contribution in [0.3, 0.4) is 0 Å². The van der Waals surface area contributed by atoms with Crippen LogP contribution in [0.1, 0.15) is 0 Å².